The van der Waals surface area contributed by atoms with Crippen molar-refractivity contribution in [3.8, 4) is 0 Å². The van der Waals surface area contributed by atoms with E-state index in [1.165, 1.54) is 0 Å². The largest absolute Gasteiger partial charge is 2.00 e. The Morgan fingerprint density at radius 1 is 1.04 bits per heavy atom. The summed E-state index contributed by atoms with van der Waals surface area (Å²) in [5, 5.41) is 41.6. The maximum Gasteiger partial charge on any atom is 2.00 e. The molecule has 10 nitrogen and oxygen atoms in total. The van der Waals surface area contributed by atoms with E-state index in [1.54, 1.807) is 21.1 Å². The van der Waals surface area contributed by atoms with Crippen molar-refractivity contribution in [1.82, 2.24) is 0 Å². The number of aliphatic hydroxyl groups is 1. The van der Waals surface area contributed by atoms with Gasteiger partial charge in [0.25, 0.3) is 0 Å². The van der Waals surface area contributed by atoms with E-state index >= 15 is 0 Å². The van der Waals surface area contributed by atoms with E-state index in [9.17, 15) is 39.6 Å². The number of quaternary nitrogens is 1. The number of ether oxygens (including phenoxy) is 1. The van der Waals surface area contributed by atoms with Crippen LogP contribution in [0.4, 0.5) is 0 Å². The van der Waals surface area contributed by atoms with Crippen LogP contribution in [-0.4, -0.2) is 95.9 Å². The van der Waals surface area contributed by atoms with Crippen molar-refractivity contribution in [3.63, 3.8) is 0 Å². The zero-order chi connectivity index (χ0) is 18.4. The first-order chi connectivity index (χ1) is 10.2. The first-order valence-electron chi connectivity index (χ1n) is 6.58. The molecule has 1 N–H and O–H groups in total. The molecular weight excluding hydrogens is 338 g/mol. The SMILES string of the molecule is C[N+](C)(C)CC(CC(=O)[O-])OC(=O)CC(O)(CC(=O)[O-])C(=O)[O-].[Mg+2]. The topological polar surface area (TPSA) is 167 Å². The monoisotopic (exact) mass is 357 g/mol. The van der Waals surface area contributed by atoms with Crippen LogP contribution < -0.4 is 15.3 Å². The van der Waals surface area contributed by atoms with Gasteiger partial charge >= 0.3 is 29.0 Å². The molecule has 2 unspecified atom stereocenters. The smallest absolute Gasteiger partial charge is 0.550 e. The maximum atomic E-state index is 11.7. The number of nitrogens with zero attached hydrogens (tertiary/aromatic N) is 1. The van der Waals surface area contributed by atoms with Gasteiger partial charge < -0.3 is 44.0 Å². The second-order valence-electron chi connectivity index (χ2n) is 6.21. The van der Waals surface area contributed by atoms with Crippen molar-refractivity contribution < 1.29 is 48.8 Å². The van der Waals surface area contributed by atoms with Crippen LogP contribution in [0.25, 0.3) is 0 Å². The van der Waals surface area contributed by atoms with E-state index in [4.69, 9.17) is 4.74 Å². The van der Waals surface area contributed by atoms with Crippen LogP contribution in [0.15, 0.2) is 0 Å². The first kappa shape index (κ1) is 24.8. The Bertz CT molecular complexity index is 488. The molecule has 0 aromatic carbocycles. The minimum Gasteiger partial charge on any atom is -0.550 e. The molecule has 0 aliphatic rings. The summed E-state index contributed by atoms with van der Waals surface area (Å²) in [5.41, 5.74) is -3.00. The number of carbonyl (C=O) groups excluding carboxylic acids is 4. The summed E-state index contributed by atoms with van der Waals surface area (Å²) < 4.78 is 5.06. The predicted octanol–water partition coefficient (Wildman–Crippen LogP) is -5.63. The summed E-state index contributed by atoms with van der Waals surface area (Å²) in [4.78, 5) is 43.7. The molecule has 2 atom stereocenters. The summed E-state index contributed by atoms with van der Waals surface area (Å²) in [6, 6.07) is 0. The second-order valence-corrected chi connectivity index (χ2v) is 6.21. The van der Waals surface area contributed by atoms with Crippen LogP contribution >= 0.6 is 0 Å². The first-order valence-corrected chi connectivity index (χ1v) is 6.58. The fourth-order valence-electron chi connectivity index (χ4n) is 1.85. The van der Waals surface area contributed by atoms with Gasteiger partial charge in [0.05, 0.1) is 33.5 Å². The fraction of sp³-hybridized carbons (Fsp3) is 0.692. The number of carbonyl (C=O) groups is 4. The van der Waals surface area contributed by atoms with Crippen molar-refractivity contribution in [2.24, 2.45) is 0 Å². The van der Waals surface area contributed by atoms with Crippen LogP contribution in [0.3, 0.4) is 0 Å². The second kappa shape index (κ2) is 9.76. The molecule has 0 aromatic rings. The molecule has 11 heteroatoms. The number of hydrogen-bond acceptors (Lipinski definition) is 9. The quantitative estimate of drug-likeness (QED) is 0.227. The normalized spacial score (nSPS) is 14.7. The number of hydrogen-bond donors (Lipinski definition) is 1. The number of carboxylic acid groups (broad SMARTS) is 3. The van der Waals surface area contributed by atoms with Crippen molar-refractivity contribution in [3.05, 3.63) is 0 Å². The van der Waals surface area contributed by atoms with Gasteiger partial charge in [0.2, 0.25) is 0 Å². The van der Waals surface area contributed by atoms with Crippen molar-refractivity contribution >= 4 is 46.9 Å². The van der Waals surface area contributed by atoms with E-state index in [0.717, 1.165) is 0 Å². The summed E-state index contributed by atoms with van der Waals surface area (Å²) in [5.74, 6) is -6.84. The third-order valence-electron chi connectivity index (χ3n) is 2.70. The molecule has 0 saturated carbocycles. The molecule has 0 bridgehead atoms. The predicted molar refractivity (Wildman–Crippen MR) is 72.4 cm³/mol. The molecule has 0 heterocycles. The molecule has 0 amide bonds. The molecule has 132 valence electrons. The molecule has 0 radical (unpaired) electrons. The summed E-state index contributed by atoms with van der Waals surface area (Å²) in [6.07, 6.45) is -4.36. The number of likely N-dealkylation sites (N-methyl/N-ethyl adjacent to an activating group) is 1. The molecule has 0 saturated heterocycles. The van der Waals surface area contributed by atoms with E-state index in [1.807, 2.05) is 0 Å². The Labute approximate surface area is 154 Å². The van der Waals surface area contributed by atoms with E-state index < -0.39 is 54.8 Å². The average molecular weight is 358 g/mol. The molecule has 0 aromatic heterocycles. The minimum absolute atomic E-state index is 0. The van der Waals surface area contributed by atoms with Gasteiger partial charge in [-0.1, -0.05) is 0 Å². The number of carboxylic acids is 3. The average Bonchev–Trinajstić information content (AvgIpc) is 2.22. The number of aliphatic carboxylic acids is 3. The third kappa shape index (κ3) is 10.4. The van der Waals surface area contributed by atoms with Crippen molar-refractivity contribution in [2.75, 3.05) is 27.7 Å². The van der Waals surface area contributed by atoms with Gasteiger partial charge in [0.15, 0.2) is 6.10 Å². The van der Waals surface area contributed by atoms with Crippen molar-refractivity contribution in [2.45, 2.75) is 31.0 Å². The van der Waals surface area contributed by atoms with Gasteiger partial charge in [0.1, 0.15) is 12.1 Å². The van der Waals surface area contributed by atoms with Crippen LogP contribution in [0.5, 0.6) is 0 Å². The van der Waals surface area contributed by atoms with Crippen LogP contribution in [0.2, 0.25) is 0 Å². The molecule has 0 spiro atoms. The Kier molecular flexibility index (Phi) is 10.1. The van der Waals surface area contributed by atoms with Gasteiger partial charge in [-0.05, 0) is 0 Å². The molecule has 0 fully saturated rings. The van der Waals surface area contributed by atoms with E-state index in [2.05, 4.69) is 0 Å². The molecule has 0 aliphatic carbocycles. The Balaban J connectivity index is 0. The summed E-state index contributed by atoms with van der Waals surface area (Å²) >= 11 is 0. The zero-order valence-corrected chi connectivity index (χ0v) is 15.2. The Hall–Kier alpha value is -1.43. The Morgan fingerprint density at radius 3 is 1.88 bits per heavy atom. The summed E-state index contributed by atoms with van der Waals surface area (Å²) in [6.45, 7) is 0.0734. The van der Waals surface area contributed by atoms with E-state index in [-0.39, 0.29) is 34.1 Å². The molecule has 0 rings (SSSR count). The van der Waals surface area contributed by atoms with E-state index in [0.29, 0.717) is 0 Å². The summed E-state index contributed by atoms with van der Waals surface area (Å²) in [7, 11) is 5.09. The fourth-order valence-corrected chi connectivity index (χ4v) is 1.85. The van der Waals surface area contributed by atoms with Gasteiger partial charge in [-0.15, -0.1) is 0 Å². The molecule has 0 aliphatic heterocycles. The number of esters is 1. The van der Waals surface area contributed by atoms with Crippen LogP contribution in [0.1, 0.15) is 19.3 Å². The van der Waals surface area contributed by atoms with Crippen LogP contribution in [0, 0.1) is 0 Å². The van der Waals surface area contributed by atoms with Gasteiger partial charge in [-0.2, -0.15) is 0 Å². The van der Waals surface area contributed by atoms with Gasteiger partial charge in [-0.25, -0.2) is 0 Å². The third-order valence-corrected chi connectivity index (χ3v) is 2.70. The maximum absolute atomic E-state index is 11.7. The molecule has 24 heavy (non-hydrogen) atoms. The van der Waals surface area contributed by atoms with Crippen molar-refractivity contribution in [1.29, 1.82) is 0 Å². The Morgan fingerprint density at radius 2 is 1.54 bits per heavy atom. The van der Waals surface area contributed by atoms with Gasteiger partial charge in [-0.3, -0.25) is 4.79 Å². The van der Waals surface area contributed by atoms with Gasteiger partial charge in [0, 0.05) is 24.8 Å². The minimum atomic E-state index is -3.00. The zero-order valence-electron chi connectivity index (χ0n) is 13.8. The number of rotatable bonds is 10. The molecular formula is C13H19MgNO9. The van der Waals surface area contributed by atoms with Crippen LogP contribution in [-0.2, 0) is 23.9 Å². The standard InChI is InChI=1S/C13H21NO9.Mg/c1-14(2,3)7-8(4-9(15)16)23-11(19)6-13(22,12(20)21)5-10(17)18;/h8,22H,4-7H2,1-3H3,(H2-,15,16,17,18,20,21);/q;+2/p-2.